The van der Waals surface area contributed by atoms with Crippen LogP contribution in [-0.2, 0) is 10.0 Å². The number of carbonyl (C=O) groups is 1. The van der Waals surface area contributed by atoms with Crippen molar-refractivity contribution in [1.29, 1.82) is 0 Å². The zero-order chi connectivity index (χ0) is 21.0. The van der Waals surface area contributed by atoms with Gasteiger partial charge in [0.2, 0.25) is 10.0 Å². The zero-order valence-corrected chi connectivity index (χ0v) is 17.9. The van der Waals surface area contributed by atoms with E-state index in [1.165, 1.54) is 17.5 Å². The summed E-state index contributed by atoms with van der Waals surface area (Å²) in [4.78, 5) is 18.9. The van der Waals surface area contributed by atoms with Crippen LogP contribution in [0.15, 0.2) is 41.8 Å². The lowest BCUT2D eigenvalue weighted by Gasteiger charge is -2.32. The Hall–Kier alpha value is -2.39. The Morgan fingerprint density at radius 3 is 2.48 bits per heavy atom. The number of ether oxygens (including phenoxy) is 1. The molecule has 1 fully saturated rings. The molecule has 0 saturated carbocycles. The predicted molar refractivity (Wildman–Crippen MR) is 110 cm³/mol. The van der Waals surface area contributed by atoms with Crippen molar-refractivity contribution in [2.45, 2.75) is 37.6 Å². The van der Waals surface area contributed by atoms with Gasteiger partial charge in [0, 0.05) is 50.2 Å². The van der Waals surface area contributed by atoms with Gasteiger partial charge in [-0.3, -0.25) is 4.79 Å². The molecule has 0 radical (unpaired) electrons. The van der Waals surface area contributed by atoms with Crippen molar-refractivity contribution in [2.75, 3.05) is 33.3 Å². The fourth-order valence-corrected chi connectivity index (χ4v) is 5.39. The summed E-state index contributed by atoms with van der Waals surface area (Å²) < 4.78 is 34.7. The van der Waals surface area contributed by atoms with Gasteiger partial charge >= 0.3 is 0 Å². The van der Waals surface area contributed by atoms with E-state index >= 15 is 0 Å². The van der Waals surface area contributed by atoms with E-state index in [4.69, 9.17) is 4.74 Å². The molecule has 0 spiro atoms. The van der Waals surface area contributed by atoms with Crippen LogP contribution in [-0.4, -0.2) is 66.4 Å². The molecule has 3 rings (SSSR count). The number of imidazole rings is 1. The number of methoxy groups -OCH3 is 1. The van der Waals surface area contributed by atoms with Gasteiger partial charge in [0.25, 0.3) is 5.91 Å². The highest BCUT2D eigenvalue weighted by atomic mass is 32.2. The molecule has 0 atom stereocenters. The van der Waals surface area contributed by atoms with Crippen molar-refractivity contribution in [2.24, 2.45) is 0 Å². The smallest absolute Gasteiger partial charge is 0.253 e. The molecular formula is C20H28N4O4S. The maximum atomic E-state index is 13.0. The van der Waals surface area contributed by atoms with E-state index in [2.05, 4.69) is 9.55 Å². The topological polar surface area (TPSA) is 84.7 Å². The first kappa shape index (κ1) is 21.3. The van der Waals surface area contributed by atoms with Crippen molar-refractivity contribution in [3.05, 3.63) is 42.5 Å². The second-order valence-electron chi connectivity index (χ2n) is 6.99. The maximum absolute atomic E-state index is 13.0. The number of likely N-dealkylation sites (tertiary alicyclic amines) is 1. The molecule has 1 aromatic heterocycles. The van der Waals surface area contributed by atoms with Gasteiger partial charge in [-0.15, -0.1) is 0 Å². The van der Waals surface area contributed by atoms with Crippen LogP contribution in [0, 0.1) is 0 Å². The van der Waals surface area contributed by atoms with E-state index in [9.17, 15) is 13.2 Å². The molecule has 0 aliphatic carbocycles. The Bertz CT molecular complexity index is 931. The summed E-state index contributed by atoms with van der Waals surface area (Å²) in [7, 11) is -2.31. The minimum absolute atomic E-state index is 0.0304. The van der Waals surface area contributed by atoms with Crippen LogP contribution < -0.4 is 4.74 Å². The average Bonchev–Trinajstić information content (AvgIpc) is 3.28. The molecule has 2 aromatic rings. The number of nitrogens with zero attached hydrogens (tertiary/aromatic N) is 4. The minimum atomic E-state index is -3.74. The number of carbonyl (C=O) groups excluding carboxylic acids is 1. The summed E-state index contributed by atoms with van der Waals surface area (Å²) in [5.41, 5.74) is 0.359. The van der Waals surface area contributed by atoms with Crippen LogP contribution in [0.5, 0.6) is 5.75 Å². The highest BCUT2D eigenvalue weighted by Gasteiger charge is 2.29. The monoisotopic (exact) mass is 420 g/mol. The number of piperidine rings is 1. The average molecular weight is 421 g/mol. The molecule has 1 amide bonds. The third-order valence-corrected chi connectivity index (χ3v) is 7.50. The largest absolute Gasteiger partial charge is 0.495 e. The van der Waals surface area contributed by atoms with Gasteiger partial charge in [0.05, 0.1) is 13.4 Å². The standard InChI is InChI=1S/C20H28N4O4S/c1-4-24(5-2)29(26,27)19-14-16(6-7-18(19)28-3)20(25)22-11-8-17(9-12-22)23-13-10-21-15-23/h6-7,10,13-15,17H,4-5,8-9,11-12H2,1-3H3. The van der Waals surface area contributed by atoms with E-state index in [0.717, 1.165) is 12.8 Å². The highest BCUT2D eigenvalue weighted by molar-refractivity contribution is 7.89. The summed E-state index contributed by atoms with van der Waals surface area (Å²) in [6.07, 6.45) is 7.17. The number of sulfonamides is 1. The summed E-state index contributed by atoms with van der Waals surface area (Å²) >= 11 is 0. The van der Waals surface area contributed by atoms with Gasteiger partial charge in [0.15, 0.2) is 0 Å². The number of hydrogen-bond acceptors (Lipinski definition) is 5. The van der Waals surface area contributed by atoms with E-state index in [0.29, 0.717) is 37.8 Å². The van der Waals surface area contributed by atoms with Crippen LogP contribution >= 0.6 is 0 Å². The molecule has 0 unspecified atom stereocenters. The lowest BCUT2D eigenvalue weighted by molar-refractivity contribution is 0.0694. The molecule has 8 nitrogen and oxygen atoms in total. The Balaban J connectivity index is 1.81. The second kappa shape index (κ2) is 8.96. The molecule has 1 aromatic carbocycles. The van der Waals surface area contributed by atoms with Gasteiger partial charge < -0.3 is 14.2 Å². The first-order valence-electron chi connectivity index (χ1n) is 9.87. The zero-order valence-electron chi connectivity index (χ0n) is 17.1. The van der Waals surface area contributed by atoms with Crippen molar-refractivity contribution < 1.29 is 17.9 Å². The van der Waals surface area contributed by atoms with Crippen molar-refractivity contribution in [1.82, 2.24) is 18.8 Å². The Labute approximate surface area is 172 Å². The van der Waals surface area contributed by atoms with E-state index in [1.807, 2.05) is 6.20 Å². The number of aromatic nitrogens is 2. The molecular weight excluding hydrogens is 392 g/mol. The molecule has 9 heteroatoms. The molecule has 2 heterocycles. The van der Waals surface area contributed by atoms with Gasteiger partial charge in [-0.1, -0.05) is 13.8 Å². The fraction of sp³-hybridized carbons (Fsp3) is 0.500. The summed E-state index contributed by atoms with van der Waals surface area (Å²) in [5, 5.41) is 0. The van der Waals surface area contributed by atoms with E-state index in [-0.39, 0.29) is 16.6 Å². The molecule has 1 aliphatic rings. The lowest BCUT2D eigenvalue weighted by atomic mass is 10.0. The molecule has 0 N–H and O–H groups in total. The molecule has 1 aliphatic heterocycles. The number of amides is 1. The molecule has 1 saturated heterocycles. The summed E-state index contributed by atoms with van der Waals surface area (Å²) in [6.45, 7) is 5.50. The van der Waals surface area contributed by atoms with Gasteiger partial charge in [-0.05, 0) is 31.0 Å². The van der Waals surface area contributed by atoms with Gasteiger partial charge in [0.1, 0.15) is 10.6 Å². The molecule has 158 valence electrons. The van der Waals surface area contributed by atoms with Crippen LogP contribution in [0.2, 0.25) is 0 Å². The summed E-state index contributed by atoms with van der Waals surface area (Å²) in [5.74, 6) is 0.0833. The third kappa shape index (κ3) is 4.30. The van der Waals surface area contributed by atoms with E-state index in [1.54, 1.807) is 43.4 Å². The van der Waals surface area contributed by atoms with Gasteiger partial charge in [-0.2, -0.15) is 4.31 Å². The number of rotatable bonds is 7. The molecule has 0 bridgehead atoms. The lowest BCUT2D eigenvalue weighted by Crippen LogP contribution is -2.39. The number of hydrogen-bond donors (Lipinski definition) is 0. The van der Waals surface area contributed by atoms with Gasteiger partial charge in [-0.25, -0.2) is 13.4 Å². The number of benzene rings is 1. The van der Waals surface area contributed by atoms with Crippen LogP contribution in [0.4, 0.5) is 0 Å². The predicted octanol–water partition coefficient (Wildman–Crippen LogP) is 2.40. The normalized spacial score (nSPS) is 15.7. The Kier molecular flexibility index (Phi) is 6.59. The summed E-state index contributed by atoms with van der Waals surface area (Å²) in [6, 6.07) is 4.96. The van der Waals surface area contributed by atoms with Crippen LogP contribution in [0.3, 0.4) is 0 Å². The third-order valence-electron chi connectivity index (χ3n) is 5.43. The SMILES string of the molecule is CCN(CC)S(=O)(=O)c1cc(C(=O)N2CCC(n3ccnc3)CC2)ccc1OC. The highest BCUT2D eigenvalue weighted by Crippen LogP contribution is 2.29. The Morgan fingerprint density at radius 2 is 1.93 bits per heavy atom. The first-order chi connectivity index (χ1) is 13.9. The van der Waals surface area contributed by atoms with E-state index < -0.39 is 10.0 Å². The quantitative estimate of drug-likeness (QED) is 0.687. The first-order valence-corrected chi connectivity index (χ1v) is 11.3. The van der Waals surface area contributed by atoms with Crippen molar-refractivity contribution in [3.8, 4) is 5.75 Å². The van der Waals surface area contributed by atoms with Crippen LogP contribution in [0.25, 0.3) is 0 Å². The fourth-order valence-electron chi connectivity index (χ4n) is 3.75. The second-order valence-corrected chi connectivity index (χ2v) is 8.89. The van der Waals surface area contributed by atoms with Crippen molar-refractivity contribution in [3.63, 3.8) is 0 Å². The van der Waals surface area contributed by atoms with Crippen molar-refractivity contribution >= 4 is 15.9 Å². The molecule has 29 heavy (non-hydrogen) atoms. The minimum Gasteiger partial charge on any atom is -0.495 e. The Morgan fingerprint density at radius 1 is 1.24 bits per heavy atom. The van der Waals surface area contributed by atoms with Crippen LogP contribution in [0.1, 0.15) is 43.1 Å². The maximum Gasteiger partial charge on any atom is 0.253 e.